The van der Waals surface area contributed by atoms with Gasteiger partial charge in [-0.05, 0) is 6.42 Å². The lowest BCUT2D eigenvalue weighted by molar-refractivity contribution is 0.0980. The molecule has 0 saturated carbocycles. The fourth-order valence-corrected chi connectivity index (χ4v) is 1.39. The van der Waals surface area contributed by atoms with Gasteiger partial charge in [0.05, 0.1) is 12.3 Å². The lowest BCUT2D eigenvalue weighted by Crippen LogP contribution is -2.16. The van der Waals surface area contributed by atoms with Crippen LogP contribution in [-0.2, 0) is 4.74 Å². The molecule has 20 heavy (non-hydrogen) atoms. The Kier molecular flexibility index (Phi) is 5.99. The van der Waals surface area contributed by atoms with Gasteiger partial charge in [-0.3, -0.25) is 4.79 Å². The van der Waals surface area contributed by atoms with E-state index in [0.717, 1.165) is 0 Å². The minimum Gasteiger partial charge on any atom is -0.483 e. The molecule has 110 valence electrons. The maximum atomic E-state index is 11.9. The van der Waals surface area contributed by atoms with E-state index in [1.807, 2.05) is 6.92 Å². The Hall–Kier alpha value is -2.08. The maximum absolute atomic E-state index is 11.9. The number of carbonyl (C=O) groups is 1. The van der Waals surface area contributed by atoms with Crippen molar-refractivity contribution in [1.82, 2.24) is 0 Å². The standard InChI is InChI=1S/C14H19NO5/c1-5-9(2)15-11-8-12(10(3)16)20-14(17)13(11)19-7-6-18-4/h8,15H,2,5-7H2,1,3-4H3. The number of nitrogens with one attached hydrogen (secondary N) is 1. The molecule has 6 nitrogen and oxygen atoms in total. The van der Waals surface area contributed by atoms with Crippen LogP contribution in [0.15, 0.2) is 27.6 Å². The summed E-state index contributed by atoms with van der Waals surface area (Å²) in [6, 6.07) is 1.44. The largest absolute Gasteiger partial charge is 0.483 e. The summed E-state index contributed by atoms with van der Waals surface area (Å²) in [5, 5.41) is 2.95. The van der Waals surface area contributed by atoms with E-state index in [2.05, 4.69) is 11.9 Å². The lowest BCUT2D eigenvalue weighted by atomic mass is 10.2. The zero-order chi connectivity index (χ0) is 15.1. The van der Waals surface area contributed by atoms with Gasteiger partial charge in [-0.25, -0.2) is 4.79 Å². The van der Waals surface area contributed by atoms with Crippen molar-refractivity contribution in [2.45, 2.75) is 20.3 Å². The number of ketones is 1. The van der Waals surface area contributed by atoms with Crippen molar-refractivity contribution in [3.63, 3.8) is 0 Å². The monoisotopic (exact) mass is 281 g/mol. The van der Waals surface area contributed by atoms with Crippen molar-refractivity contribution < 1.29 is 18.7 Å². The fraction of sp³-hybridized carbons (Fsp3) is 0.429. The molecule has 0 amide bonds. The summed E-state index contributed by atoms with van der Waals surface area (Å²) >= 11 is 0. The zero-order valence-corrected chi connectivity index (χ0v) is 11.9. The molecule has 1 aromatic heterocycles. The molecule has 1 rings (SSSR count). The number of ether oxygens (including phenoxy) is 2. The summed E-state index contributed by atoms with van der Waals surface area (Å²) in [5.41, 5.74) is 0.358. The molecule has 0 spiro atoms. The van der Waals surface area contributed by atoms with Crippen LogP contribution in [0.4, 0.5) is 5.69 Å². The van der Waals surface area contributed by atoms with Crippen molar-refractivity contribution in [3.8, 4) is 5.75 Å². The van der Waals surface area contributed by atoms with Gasteiger partial charge in [0.15, 0.2) is 11.5 Å². The molecular formula is C14H19NO5. The summed E-state index contributed by atoms with van der Waals surface area (Å²) in [6.45, 7) is 7.58. The second kappa shape index (κ2) is 7.49. The first kappa shape index (κ1) is 16.0. The van der Waals surface area contributed by atoms with E-state index in [0.29, 0.717) is 24.4 Å². The van der Waals surface area contributed by atoms with E-state index >= 15 is 0 Å². The molecule has 6 heteroatoms. The van der Waals surface area contributed by atoms with Crippen LogP contribution in [0.25, 0.3) is 0 Å². The molecule has 1 aromatic rings. The molecule has 0 bridgehead atoms. The highest BCUT2D eigenvalue weighted by atomic mass is 16.5. The van der Waals surface area contributed by atoms with E-state index in [4.69, 9.17) is 13.9 Å². The number of rotatable bonds is 8. The van der Waals surface area contributed by atoms with Gasteiger partial charge in [0.2, 0.25) is 5.75 Å². The number of hydrogen-bond donors (Lipinski definition) is 1. The molecule has 0 aliphatic heterocycles. The Balaban J connectivity index is 3.14. The molecule has 0 saturated heterocycles. The van der Waals surface area contributed by atoms with E-state index in [9.17, 15) is 9.59 Å². The van der Waals surface area contributed by atoms with Crippen LogP contribution < -0.4 is 15.7 Å². The number of Topliss-reactive ketones (excluding diaryl/α,β-unsaturated/α-hetero) is 1. The predicted molar refractivity (Wildman–Crippen MR) is 75.4 cm³/mol. The molecule has 0 fully saturated rings. The maximum Gasteiger partial charge on any atom is 0.381 e. The van der Waals surface area contributed by atoms with Crippen molar-refractivity contribution in [3.05, 3.63) is 34.5 Å². The molecule has 0 aliphatic rings. The van der Waals surface area contributed by atoms with Crippen LogP contribution in [0.3, 0.4) is 0 Å². The molecule has 0 aliphatic carbocycles. The van der Waals surface area contributed by atoms with Gasteiger partial charge in [0.1, 0.15) is 6.61 Å². The molecule has 0 aromatic carbocycles. The fourth-order valence-electron chi connectivity index (χ4n) is 1.39. The summed E-state index contributed by atoms with van der Waals surface area (Å²) < 4.78 is 15.1. The van der Waals surface area contributed by atoms with Gasteiger partial charge in [-0.15, -0.1) is 0 Å². The number of methoxy groups -OCH3 is 1. The Morgan fingerprint density at radius 1 is 1.45 bits per heavy atom. The average Bonchev–Trinajstić information content (AvgIpc) is 2.41. The van der Waals surface area contributed by atoms with Crippen LogP contribution >= 0.6 is 0 Å². The van der Waals surface area contributed by atoms with Crippen molar-refractivity contribution >= 4 is 11.5 Å². The minimum atomic E-state index is -0.708. The summed E-state index contributed by atoms with van der Waals surface area (Å²) in [7, 11) is 1.53. The van der Waals surface area contributed by atoms with E-state index < -0.39 is 5.63 Å². The molecular weight excluding hydrogens is 262 g/mol. The van der Waals surface area contributed by atoms with Gasteiger partial charge in [-0.2, -0.15) is 0 Å². The second-order valence-corrected chi connectivity index (χ2v) is 4.12. The van der Waals surface area contributed by atoms with Crippen LogP contribution in [0.2, 0.25) is 0 Å². The third-order valence-electron chi connectivity index (χ3n) is 2.53. The average molecular weight is 281 g/mol. The Bertz CT molecular complexity index is 547. The van der Waals surface area contributed by atoms with Crippen LogP contribution in [0.1, 0.15) is 30.8 Å². The first-order valence-electron chi connectivity index (χ1n) is 6.25. The zero-order valence-electron chi connectivity index (χ0n) is 11.9. The molecule has 0 radical (unpaired) electrons. The highest BCUT2D eigenvalue weighted by molar-refractivity contribution is 5.92. The van der Waals surface area contributed by atoms with E-state index in [1.165, 1.54) is 20.1 Å². The third kappa shape index (κ3) is 4.24. The molecule has 0 atom stereocenters. The first-order valence-corrected chi connectivity index (χ1v) is 6.25. The third-order valence-corrected chi connectivity index (χ3v) is 2.53. The minimum absolute atomic E-state index is 0.0154. The number of carbonyl (C=O) groups excluding carboxylic acids is 1. The van der Waals surface area contributed by atoms with Gasteiger partial charge >= 0.3 is 5.63 Å². The quantitative estimate of drug-likeness (QED) is 0.581. The van der Waals surface area contributed by atoms with E-state index in [1.54, 1.807) is 0 Å². The second-order valence-electron chi connectivity index (χ2n) is 4.12. The van der Waals surface area contributed by atoms with Crippen molar-refractivity contribution in [1.29, 1.82) is 0 Å². The summed E-state index contributed by atoms with van der Waals surface area (Å²) in [4.78, 5) is 23.2. The summed E-state index contributed by atoms with van der Waals surface area (Å²) in [6.07, 6.45) is 0.674. The number of hydrogen-bond acceptors (Lipinski definition) is 6. The topological polar surface area (TPSA) is 77.8 Å². The first-order chi connectivity index (χ1) is 9.49. The number of allylic oxidation sites excluding steroid dienone is 1. The van der Waals surface area contributed by atoms with Crippen LogP contribution in [-0.4, -0.2) is 26.1 Å². The summed E-state index contributed by atoms with van der Waals surface area (Å²) in [5.74, 6) is -0.349. The number of anilines is 1. The Labute approximate surface area is 117 Å². The predicted octanol–water partition coefficient (Wildman–Crippen LogP) is 2.20. The van der Waals surface area contributed by atoms with Gasteiger partial charge in [0.25, 0.3) is 0 Å². The van der Waals surface area contributed by atoms with Crippen LogP contribution in [0.5, 0.6) is 5.75 Å². The van der Waals surface area contributed by atoms with Crippen LogP contribution in [0, 0.1) is 0 Å². The van der Waals surface area contributed by atoms with Crippen molar-refractivity contribution in [2.75, 3.05) is 25.6 Å². The van der Waals surface area contributed by atoms with Gasteiger partial charge in [0, 0.05) is 25.8 Å². The highest BCUT2D eigenvalue weighted by Gasteiger charge is 2.16. The molecule has 1 heterocycles. The lowest BCUT2D eigenvalue weighted by Gasteiger charge is -2.13. The van der Waals surface area contributed by atoms with Gasteiger partial charge < -0.3 is 19.2 Å². The van der Waals surface area contributed by atoms with Crippen molar-refractivity contribution in [2.24, 2.45) is 0 Å². The Morgan fingerprint density at radius 2 is 2.15 bits per heavy atom. The molecule has 0 unspecified atom stereocenters. The molecule has 1 N–H and O–H groups in total. The highest BCUT2D eigenvalue weighted by Crippen LogP contribution is 2.23. The van der Waals surface area contributed by atoms with Gasteiger partial charge in [-0.1, -0.05) is 13.5 Å². The SMILES string of the molecule is C=C(CC)Nc1cc(C(C)=O)oc(=O)c1OCCOC. The normalized spacial score (nSPS) is 10.2. The van der Waals surface area contributed by atoms with E-state index in [-0.39, 0.29) is 23.9 Å². The smallest absolute Gasteiger partial charge is 0.381 e. The Morgan fingerprint density at radius 3 is 2.70 bits per heavy atom.